The highest BCUT2D eigenvalue weighted by atomic mass is 35.5. The van der Waals surface area contributed by atoms with Crippen molar-refractivity contribution < 1.29 is 23.8 Å². The van der Waals surface area contributed by atoms with Crippen molar-refractivity contribution in [2.45, 2.75) is 19.3 Å². The van der Waals surface area contributed by atoms with Crippen LogP contribution >= 0.6 is 23.4 Å². The molecule has 1 unspecified atom stereocenters. The molecule has 30 heavy (non-hydrogen) atoms. The van der Waals surface area contributed by atoms with Crippen molar-refractivity contribution in [1.82, 2.24) is 5.32 Å². The Hall–Kier alpha value is -2.84. The van der Waals surface area contributed by atoms with Crippen LogP contribution in [-0.4, -0.2) is 31.3 Å². The van der Waals surface area contributed by atoms with Crippen LogP contribution in [0.15, 0.2) is 41.3 Å². The Morgan fingerprint density at radius 3 is 2.80 bits per heavy atom. The Bertz CT molecular complexity index is 995. The summed E-state index contributed by atoms with van der Waals surface area (Å²) in [4.78, 5) is 24.5. The zero-order valence-electron chi connectivity index (χ0n) is 16.7. The fourth-order valence-electron chi connectivity index (χ4n) is 2.70. The van der Waals surface area contributed by atoms with Gasteiger partial charge in [-0.05, 0) is 55.3 Å². The maximum Gasteiger partial charge on any atom is 0.513 e. The minimum atomic E-state index is -0.808. The van der Waals surface area contributed by atoms with E-state index in [-0.39, 0.29) is 23.8 Å². The number of carbonyl (C=O) groups excluding carboxylic acids is 2. The molecule has 0 spiro atoms. The van der Waals surface area contributed by atoms with Crippen molar-refractivity contribution in [1.29, 1.82) is 0 Å². The molecule has 0 aliphatic carbocycles. The number of ether oxygens (including phenoxy) is 3. The summed E-state index contributed by atoms with van der Waals surface area (Å²) in [5.74, 6) is 0.394. The molecule has 1 aliphatic rings. The quantitative estimate of drug-likeness (QED) is 0.373. The number of aryl methyl sites for hydroxylation is 1. The van der Waals surface area contributed by atoms with Gasteiger partial charge in [-0.15, -0.1) is 0 Å². The van der Waals surface area contributed by atoms with E-state index in [1.54, 1.807) is 31.2 Å². The number of amides is 1. The number of thioether (sulfide) groups is 1. The molecule has 1 atom stereocenters. The summed E-state index contributed by atoms with van der Waals surface area (Å²) in [6.45, 7) is 3.86. The number of hydrogen-bond donors (Lipinski definition) is 2. The Balaban J connectivity index is 1.74. The summed E-state index contributed by atoms with van der Waals surface area (Å²) in [6, 6.07) is 10.5. The Morgan fingerprint density at radius 1 is 1.27 bits per heavy atom. The average molecular weight is 449 g/mol. The van der Waals surface area contributed by atoms with E-state index in [4.69, 9.17) is 25.8 Å². The highest BCUT2D eigenvalue weighted by molar-refractivity contribution is 8.05. The molecule has 1 fully saturated rings. The number of rotatable bonds is 6. The third-order valence-corrected chi connectivity index (χ3v) is 5.42. The molecule has 3 rings (SSSR count). The van der Waals surface area contributed by atoms with Crippen LogP contribution in [0.1, 0.15) is 18.1 Å². The van der Waals surface area contributed by atoms with Crippen LogP contribution in [0.5, 0.6) is 11.5 Å². The topological polar surface area (TPSA) is 85.9 Å². The molecule has 7 nitrogen and oxygen atoms in total. The smallest absolute Gasteiger partial charge is 0.493 e. The van der Waals surface area contributed by atoms with Crippen molar-refractivity contribution in [3.8, 4) is 11.5 Å². The average Bonchev–Trinajstić information content (AvgIpc) is 3.04. The number of hydrogen-bond acceptors (Lipinski definition) is 7. The van der Waals surface area contributed by atoms with Gasteiger partial charge >= 0.3 is 6.16 Å². The number of benzene rings is 2. The number of carbonyl (C=O) groups is 2. The molecule has 158 valence electrons. The maximum atomic E-state index is 12.4. The lowest BCUT2D eigenvalue weighted by Crippen LogP contribution is -2.31. The van der Waals surface area contributed by atoms with Crippen molar-refractivity contribution >= 4 is 47.2 Å². The minimum absolute atomic E-state index is 0.192. The molecule has 0 aromatic heterocycles. The summed E-state index contributed by atoms with van der Waals surface area (Å²) in [6.07, 6.45) is 0.932. The van der Waals surface area contributed by atoms with E-state index in [9.17, 15) is 9.59 Å². The molecule has 2 N–H and O–H groups in total. The molecule has 0 saturated carbocycles. The Morgan fingerprint density at radius 2 is 2.07 bits per heavy atom. The van der Waals surface area contributed by atoms with E-state index in [0.717, 1.165) is 16.8 Å². The second-order valence-electron chi connectivity index (χ2n) is 6.28. The van der Waals surface area contributed by atoms with Crippen LogP contribution in [0, 0.1) is 6.92 Å². The molecule has 2 aromatic carbocycles. The Kier molecular flexibility index (Phi) is 7.12. The van der Waals surface area contributed by atoms with Crippen LogP contribution in [0.2, 0.25) is 5.02 Å². The molecule has 9 heteroatoms. The normalized spacial score (nSPS) is 16.9. The standard InChI is InChI=1S/C21H21ClN2O5S/c1-4-28-21(26)29-16-8-6-13(9-17(16)27-3)10-18-19(25)24-20(30-18)23-15-11-14(22)7-5-12(15)2/h5-11,20,23H,4H2,1-3H3,(H,24,25)/b18-10-. The van der Waals surface area contributed by atoms with Gasteiger partial charge in [0, 0.05) is 10.7 Å². The lowest BCUT2D eigenvalue weighted by atomic mass is 10.2. The van der Waals surface area contributed by atoms with Gasteiger partial charge in [0.2, 0.25) is 0 Å². The van der Waals surface area contributed by atoms with Gasteiger partial charge in [0.05, 0.1) is 18.6 Å². The number of halogens is 1. The predicted octanol–water partition coefficient (Wildman–Crippen LogP) is 4.79. The van der Waals surface area contributed by atoms with Crippen LogP contribution in [0.3, 0.4) is 0 Å². The molecule has 1 saturated heterocycles. The van der Waals surface area contributed by atoms with Gasteiger partial charge in [0.25, 0.3) is 5.91 Å². The van der Waals surface area contributed by atoms with Crippen LogP contribution in [0.4, 0.5) is 10.5 Å². The first-order chi connectivity index (χ1) is 14.4. The summed E-state index contributed by atoms with van der Waals surface area (Å²) in [7, 11) is 1.47. The zero-order valence-corrected chi connectivity index (χ0v) is 18.2. The van der Waals surface area contributed by atoms with Gasteiger partial charge in [-0.1, -0.05) is 35.5 Å². The lowest BCUT2D eigenvalue weighted by Gasteiger charge is -2.15. The predicted molar refractivity (Wildman–Crippen MR) is 118 cm³/mol. The molecule has 1 heterocycles. The fourth-order valence-corrected chi connectivity index (χ4v) is 3.85. The maximum absolute atomic E-state index is 12.4. The number of methoxy groups -OCH3 is 1. The molecule has 0 bridgehead atoms. The monoisotopic (exact) mass is 448 g/mol. The summed E-state index contributed by atoms with van der Waals surface area (Å²) < 4.78 is 15.2. The van der Waals surface area contributed by atoms with Gasteiger partial charge < -0.3 is 24.8 Å². The summed E-state index contributed by atoms with van der Waals surface area (Å²) in [5.41, 5.74) is 2.27. The molecular weight excluding hydrogens is 428 g/mol. The molecule has 1 amide bonds. The van der Waals surface area contributed by atoms with Gasteiger partial charge in [-0.3, -0.25) is 4.79 Å². The number of nitrogens with one attached hydrogen (secondary N) is 2. The number of anilines is 1. The first-order valence-corrected chi connectivity index (χ1v) is 10.4. The van der Waals surface area contributed by atoms with Gasteiger partial charge in [-0.25, -0.2) is 4.79 Å². The van der Waals surface area contributed by atoms with E-state index in [1.807, 2.05) is 25.1 Å². The third kappa shape index (κ3) is 5.40. The Labute approximate surface area is 183 Å². The first kappa shape index (κ1) is 21.9. The summed E-state index contributed by atoms with van der Waals surface area (Å²) >= 11 is 7.42. The summed E-state index contributed by atoms with van der Waals surface area (Å²) in [5, 5.41) is 6.77. The SMILES string of the molecule is CCOC(=O)Oc1ccc(/C=C2\SC(Nc3cc(Cl)ccc3C)NC2=O)cc1OC. The van der Waals surface area contributed by atoms with Crippen LogP contribution in [0.25, 0.3) is 6.08 Å². The van der Waals surface area contributed by atoms with Crippen LogP contribution in [-0.2, 0) is 9.53 Å². The second kappa shape index (κ2) is 9.77. The molecule has 0 radical (unpaired) electrons. The fraction of sp³-hybridized carbons (Fsp3) is 0.238. The lowest BCUT2D eigenvalue weighted by molar-refractivity contribution is -0.116. The first-order valence-electron chi connectivity index (χ1n) is 9.14. The highest BCUT2D eigenvalue weighted by Gasteiger charge is 2.27. The van der Waals surface area contributed by atoms with E-state index >= 15 is 0 Å². The van der Waals surface area contributed by atoms with Crippen molar-refractivity contribution in [3.63, 3.8) is 0 Å². The van der Waals surface area contributed by atoms with Gasteiger partial charge in [0.15, 0.2) is 17.0 Å². The van der Waals surface area contributed by atoms with E-state index < -0.39 is 6.16 Å². The molecule has 1 aliphatic heterocycles. The van der Waals surface area contributed by atoms with Crippen LogP contribution < -0.4 is 20.1 Å². The largest absolute Gasteiger partial charge is 0.513 e. The second-order valence-corrected chi connectivity index (χ2v) is 7.86. The van der Waals surface area contributed by atoms with Crippen molar-refractivity contribution in [2.75, 3.05) is 19.0 Å². The van der Waals surface area contributed by atoms with E-state index in [1.165, 1.54) is 18.9 Å². The highest BCUT2D eigenvalue weighted by Crippen LogP contribution is 2.34. The van der Waals surface area contributed by atoms with Crippen molar-refractivity contribution in [3.05, 3.63) is 57.5 Å². The molecule has 2 aromatic rings. The third-order valence-electron chi connectivity index (χ3n) is 4.16. The van der Waals surface area contributed by atoms with E-state index in [0.29, 0.717) is 15.7 Å². The van der Waals surface area contributed by atoms with E-state index in [2.05, 4.69) is 10.6 Å². The van der Waals surface area contributed by atoms with Gasteiger partial charge in [0.1, 0.15) is 0 Å². The van der Waals surface area contributed by atoms with Crippen molar-refractivity contribution in [2.24, 2.45) is 0 Å². The minimum Gasteiger partial charge on any atom is -0.493 e. The zero-order chi connectivity index (χ0) is 21.7. The van der Waals surface area contributed by atoms with Gasteiger partial charge in [-0.2, -0.15) is 0 Å². The molecular formula is C21H21ClN2O5S.